The van der Waals surface area contributed by atoms with Crippen molar-refractivity contribution in [2.75, 3.05) is 0 Å². The summed E-state index contributed by atoms with van der Waals surface area (Å²) in [6.07, 6.45) is 4.25. The number of carbonyl (C=O) groups excluding carboxylic acids is 1. The van der Waals surface area contributed by atoms with Gasteiger partial charge in [0.15, 0.2) is 5.78 Å². The Morgan fingerprint density at radius 1 is 1.44 bits per heavy atom. The lowest BCUT2D eigenvalue weighted by atomic mass is 9.70. The maximum absolute atomic E-state index is 11.7. The molecule has 0 amide bonds. The van der Waals surface area contributed by atoms with E-state index in [-0.39, 0.29) is 11.2 Å². The molecular formula is C15H22O3. The number of rotatable bonds is 4. The number of carbonyl (C=O) groups is 2. The minimum absolute atomic E-state index is 0.0570. The number of hydrogen-bond acceptors (Lipinski definition) is 2. The quantitative estimate of drug-likeness (QED) is 0.777. The first kappa shape index (κ1) is 14.7. The fraction of sp³-hybridized carbons (Fsp3) is 0.600. The van der Waals surface area contributed by atoms with E-state index in [9.17, 15) is 9.59 Å². The van der Waals surface area contributed by atoms with Crippen molar-refractivity contribution in [1.82, 2.24) is 0 Å². The summed E-state index contributed by atoms with van der Waals surface area (Å²) >= 11 is 0. The average molecular weight is 250 g/mol. The Balaban J connectivity index is 2.84. The van der Waals surface area contributed by atoms with Crippen molar-refractivity contribution in [3.8, 4) is 0 Å². The van der Waals surface area contributed by atoms with Gasteiger partial charge in [0.1, 0.15) is 0 Å². The second kappa shape index (κ2) is 5.51. The maximum atomic E-state index is 11.7. The van der Waals surface area contributed by atoms with E-state index >= 15 is 0 Å². The van der Waals surface area contributed by atoms with Gasteiger partial charge in [-0.3, -0.25) is 4.79 Å². The third-order valence-corrected chi connectivity index (χ3v) is 3.80. The highest BCUT2D eigenvalue weighted by Gasteiger charge is 2.31. The molecule has 0 fully saturated rings. The van der Waals surface area contributed by atoms with Gasteiger partial charge in [0, 0.05) is 12.5 Å². The van der Waals surface area contributed by atoms with E-state index in [0.717, 1.165) is 24.0 Å². The van der Waals surface area contributed by atoms with E-state index in [1.165, 1.54) is 11.6 Å². The van der Waals surface area contributed by atoms with Crippen molar-refractivity contribution in [1.29, 1.82) is 0 Å². The summed E-state index contributed by atoms with van der Waals surface area (Å²) in [5, 5.41) is 8.68. The van der Waals surface area contributed by atoms with Crippen molar-refractivity contribution >= 4 is 11.8 Å². The smallest absolute Gasteiger partial charge is 0.328 e. The fourth-order valence-corrected chi connectivity index (χ4v) is 2.57. The van der Waals surface area contributed by atoms with Gasteiger partial charge in [0.2, 0.25) is 0 Å². The summed E-state index contributed by atoms with van der Waals surface area (Å²) in [4.78, 5) is 22.3. The van der Waals surface area contributed by atoms with Crippen molar-refractivity contribution in [3.63, 3.8) is 0 Å². The lowest BCUT2D eigenvalue weighted by molar-refractivity contribution is -0.131. The zero-order valence-corrected chi connectivity index (χ0v) is 11.7. The number of hydrogen-bond donors (Lipinski definition) is 1. The highest BCUT2D eigenvalue weighted by Crippen LogP contribution is 2.41. The molecule has 1 aliphatic rings. The molecule has 100 valence electrons. The molecule has 0 unspecified atom stereocenters. The molecule has 18 heavy (non-hydrogen) atoms. The lowest BCUT2D eigenvalue weighted by Crippen LogP contribution is -2.25. The van der Waals surface area contributed by atoms with E-state index in [0.29, 0.717) is 12.8 Å². The first-order valence-corrected chi connectivity index (χ1v) is 6.37. The average Bonchev–Trinajstić information content (AvgIpc) is 2.23. The van der Waals surface area contributed by atoms with Crippen LogP contribution in [0, 0.1) is 5.41 Å². The van der Waals surface area contributed by atoms with Crippen LogP contribution in [-0.2, 0) is 9.59 Å². The Kier molecular flexibility index (Phi) is 4.49. The molecule has 0 saturated heterocycles. The Labute approximate surface area is 109 Å². The van der Waals surface area contributed by atoms with Crippen LogP contribution in [0.4, 0.5) is 0 Å². The van der Waals surface area contributed by atoms with Crippen LogP contribution in [0.5, 0.6) is 0 Å². The summed E-state index contributed by atoms with van der Waals surface area (Å²) < 4.78 is 0. The molecular weight excluding hydrogens is 228 g/mol. The molecule has 0 aliphatic heterocycles. The summed E-state index contributed by atoms with van der Waals surface area (Å²) in [5.74, 6) is -0.665. The predicted molar refractivity (Wildman–Crippen MR) is 71.3 cm³/mol. The zero-order valence-electron chi connectivity index (χ0n) is 11.7. The summed E-state index contributed by atoms with van der Waals surface area (Å²) in [6.45, 7) is 8.04. The maximum Gasteiger partial charge on any atom is 0.328 e. The molecule has 0 radical (unpaired) electrons. The Morgan fingerprint density at radius 3 is 2.61 bits per heavy atom. The SMILES string of the molecule is CC1=C(CC/C(C)=C/C(=O)O)C(C)(C)CCC1=O. The first-order valence-electron chi connectivity index (χ1n) is 6.37. The highest BCUT2D eigenvalue weighted by molar-refractivity contribution is 5.96. The van der Waals surface area contributed by atoms with Crippen LogP contribution >= 0.6 is 0 Å². The highest BCUT2D eigenvalue weighted by atomic mass is 16.4. The summed E-state index contributed by atoms with van der Waals surface area (Å²) in [6, 6.07) is 0. The van der Waals surface area contributed by atoms with Crippen LogP contribution in [0.2, 0.25) is 0 Å². The molecule has 3 nitrogen and oxygen atoms in total. The molecule has 0 bridgehead atoms. The van der Waals surface area contributed by atoms with Gasteiger partial charge < -0.3 is 5.11 Å². The summed E-state index contributed by atoms with van der Waals surface area (Å²) in [5.41, 5.74) is 2.98. The standard InChI is InChI=1S/C15H22O3/c1-10(9-14(17)18)5-6-12-11(2)13(16)7-8-15(12,3)4/h9H,5-8H2,1-4H3,(H,17,18)/b10-9+. The Hall–Kier alpha value is -1.38. The van der Waals surface area contributed by atoms with Crippen molar-refractivity contribution in [2.45, 2.75) is 53.4 Å². The largest absolute Gasteiger partial charge is 0.478 e. The Morgan fingerprint density at radius 2 is 2.06 bits per heavy atom. The van der Waals surface area contributed by atoms with Crippen molar-refractivity contribution in [3.05, 3.63) is 22.8 Å². The molecule has 1 N–H and O–H groups in total. The van der Waals surface area contributed by atoms with E-state index < -0.39 is 5.97 Å². The van der Waals surface area contributed by atoms with Crippen LogP contribution in [0.25, 0.3) is 0 Å². The van der Waals surface area contributed by atoms with Gasteiger partial charge in [-0.25, -0.2) is 4.79 Å². The number of carboxylic acids is 1. The molecule has 0 spiro atoms. The number of Topliss-reactive ketones (excluding diaryl/α,β-unsaturated/α-hetero) is 1. The lowest BCUT2D eigenvalue weighted by Gasteiger charge is -2.34. The topological polar surface area (TPSA) is 54.4 Å². The third-order valence-electron chi connectivity index (χ3n) is 3.80. The van der Waals surface area contributed by atoms with Gasteiger partial charge in [-0.05, 0) is 44.1 Å². The van der Waals surface area contributed by atoms with E-state index in [1.54, 1.807) is 0 Å². The molecule has 0 saturated carbocycles. The van der Waals surface area contributed by atoms with Crippen LogP contribution in [0.3, 0.4) is 0 Å². The van der Waals surface area contributed by atoms with E-state index in [4.69, 9.17) is 5.11 Å². The van der Waals surface area contributed by atoms with Gasteiger partial charge in [0.25, 0.3) is 0 Å². The van der Waals surface area contributed by atoms with Gasteiger partial charge in [0.05, 0.1) is 0 Å². The second-order valence-corrected chi connectivity index (χ2v) is 5.74. The minimum Gasteiger partial charge on any atom is -0.478 e. The third kappa shape index (κ3) is 3.56. The molecule has 0 aromatic rings. The first-order chi connectivity index (χ1) is 8.24. The van der Waals surface area contributed by atoms with E-state index in [2.05, 4.69) is 13.8 Å². The normalized spacial score (nSPS) is 20.2. The van der Waals surface area contributed by atoms with Gasteiger partial charge >= 0.3 is 5.97 Å². The molecule has 3 heteroatoms. The van der Waals surface area contributed by atoms with Crippen molar-refractivity contribution in [2.24, 2.45) is 5.41 Å². The predicted octanol–water partition coefficient (Wildman–Crippen LogP) is 3.50. The van der Waals surface area contributed by atoms with Crippen LogP contribution in [0.1, 0.15) is 53.4 Å². The zero-order chi connectivity index (χ0) is 13.9. The summed E-state index contributed by atoms with van der Waals surface area (Å²) in [7, 11) is 0. The molecule has 0 heterocycles. The van der Waals surface area contributed by atoms with E-state index in [1.807, 2.05) is 13.8 Å². The molecule has 0 aromatic carbocycles. The Bertz CT molecular complexity index is 425. The number of carboxylic acid groups (broad SMARTS) is 1. The molecule has 1 rings (SSSR count). The molecule has 1 aliphatic carbocycles. The molecule has 0 atom stereocenters. The fourth-order valence-electron chi connectivity index (χ4n) is 2.57. The number of ketones is 1. The molecule has 0 aromatic heterocycles. The monoisotopic (exact) mass is 250 g/mol. The second-order valence-electron chi connectivity index (χ2n) is 5.74. The van der Waals surface area contributed by atoms with Crippen LogP contribution in [-0.4, -0.2) is 16.9 Å². The van der Waals surface area contributed by atoms with Gasteiger partial charge in [-0.1, -0.05) is 25.0 Å². The van der Waals surface area contributed by atoms with Gasteiger partial charge in [-0.15, -0.1) is 0 Å². The van der Waals surface area contributed by atoms with Crippen LogP contribution in [0.15, 0.2) is 22.8 Å². The minimum atomic E-state index is -0.905. The number of aliphatic carboxylic acids is 1. The van der Waals surface area contributed by atoms with Crippen LogP contribution < -0.4 is 0 Å². The van der Waals surface area contributed by atoms with Gasteiger partial charge in [-0.2, -0.15) is 0 Å². The number of allylic oxidation sites excluding steroid dienone is 3. The van der Waals surface area contributed by atoms with Crippen molar-refractivity contribution < 1.29 is 14.7 Å².